The third-order valence-corrected chi connectivity index (χ3v) is 3.37. The van der Waals surface area contributed by atoms with Gasteiger partial charge in [-0.25, -0.2) is 9.97 Å². The van der Waals surface area contributed by atoms with Crippen molar-refractivity contribution in [3.05, 3.63) is 40.8 Å². The van der Waals surface area contributed by atoms with Gasteiger partial charge in [-0.2, -0.15) is 0 Å². The fraction of sp³-hybridized carbons (Fsp3) is 0.438. The van der Waals surface area contributed by atoms with E-state index in [-0.39, 0.29) is 0 Å². The molecule has 0 spiro atoms. The Morgan fingerprint density at radius 2 is 1.80 bits per heavy atom. The number of rotatable bonds is 5. The molecule has 0 atom stereocenters. The zero-order chi connectivity index (χ0) is 14.5. The van der Waals surface area contributed by atoms with Gasteiger partial charge in [-0.05, 0) is 63.5 Å². The molecule has 106 valence electrons. The van der Waals surface area contributed by atoms with Gasteiger partial charge in [0.05, 0.1) is 0 Å². The van der Waals surface area contributed by atoms with Gasteiger partial charge in [-0.3, -0.25) is 4.98 Å². The van der Waals surface area contributed by atoms with E-state index in [1.807, 2.05) is 12.1 Å². The Hall–Kier alpha value is -1.81. The van der Waals surface area contributed by atoms with Crippen LogP contribution in [0.2, 0.25) is 0 Å². The predicted octanol–water partition coefficient (Wildman–Crippen LogP) is 2.62. The van der Waals surface area contributed by atoms with Crippen LogP contribution >= 0.6 is 0 Å². The second kappa shape index (κ2) is 6.57. The van der Waals surface area contributed by atoms with E-state index < -0.39 is 0 Å². The number of hydrogen-bond donors (Lipinski definition) is 1. The molecule has 0 aliphatic carbocycles. The van der Waals surface area contributed by atoms with Gasteiger partial charge in [-0.1, -0.05) is 6.92 Å². The van der Waals surface area contributed by atoms with Crippen molar-refractivity contribution in [2.24, 2.45) is 0 Å². The van der Waals surface area contributed by atoms with Crippen LogP contribution in [0.5, 0.6) is 0 Å². The summed E-state index contributed by atoms with van der Waals surface area (Å²) < 4.78 is 0. The zero-order valence-corrected chi connectivity index (χ0v) is 12.7. The number of aryl methyl sites for hydroxylation is 3. The van der Waals surface area contributed by atoms with Gasteiger partial charge in [0.2, 0.25) is 0 Å². The lowest BCUT2D eigenvalue weighted by molar-refractivity contribution is 0.708. The van der Waals surface area contributed by atoms with Crippen LogP contribution in [0.15, 0.2) is 18.3 Å². The highest BCUT2D eigenvalue weighted by Crippen LogP contribution is 2.18. The maximum Gasteiger partial charge on any atom is 0.178 e. The molecule has 0 fully saturated rings. The summed E-state index contributed by atoms with van der Waals surface area (Å²) in [7, 11) is 0. The van der Waals surface area contributed by atoms with E-state index in [2.05, 4.69) is 48.0 Å². The van der Waals surface area contributed by atoms with Gasteiger partial charge < -0.3 is 5.32 Å². The van der Waals surface area contributed by atoms with Crippen molar-refractivity contribution in [1.82, 2.24) is 20.3 Å². The first kappa shape index (κ1) is 14.6. The molecule has 20 heavy (non-hydrogen) atoms. The number of nitrogens with one attached hydrogen (secondary N) is 1. The van der Waals surface area contributed by atoms with Crippen LogP contribution in [0.3, 0.4) is 0 Å². The Labute approximate surface area is 120 Å². The highest BCUT2D eigenvalue weighted by molar-refractivity contribution is 5.51. The number of aromatic nitrogens is 3. The molecule has 0 unspecified atom stereocenters. The molecule has 4 heteroatoms. The highest BCUT2D eigenvalue weighted by Gasteiger charge is 2.10. The van der Waals surface area contributed by atoms with Gasteiger partial charge in [-0.15, -0.1) is 0 Å². The lowest BCUT2D eigenvalue weighted by Gasteiger charge is -2.11. The minimum absolute atomic E-state index is 0.718. The monoisotopic (exact) mass is 270 g/mol. The molecule has 2 rings (SSSR count). The maximum atomic E-state index is 4.62. The first-order valence-corrected chi connectivity index (χ1v) is 7.09. The minimum Gasteiger partial charge on any atom is -0.317 e. The SMILES string of the molecule is CCNCCc1c(C)nc(-c2cc(C)ccn2)nc1C. The summed E-state index contributed by atoms with van der Waals surface area (Å²) in [6.07, 6.45) is 2.77. The molecule has 0 saturated carbocycles. The number of pyridine rings is 1. The second-order valence-electron chi connectivity index (χ2n) is 5.02. The molecule has 0 amide bonds. The quantitative estimate of drug-likeness (QED) is 0.849. The van der Waals surface area contributed by atoms with E-state index in [1.54, 1.807) is 6.20 Å². The third kappa shape index (κ3) is 3.39. The fourth-order valence-electron chi connectivity index (χ4n) is 2.26. The van der Waals surface area contributed by atoms with Crippen molar-refractivity contribution >= 4 is 0 Å². The largest absolute Gasteiger partial charge is 0.317 e. The fourth-order valence-corrected chi connectivity index (χ4v) is 2.26. The summed E-state index contributed by atoms with van der Waals surface area (Å²) >= 11 is 0. The van der Waals surface area contributed by atoms with Crippen molar-refractivity contribution < 1.29 is 0 Å². The Morgan fingerprint density at radius 1 is 1.10 bits per heavy atom. The van der Waals surface area contributed by atoms with Crippen LogP contribution < -0.4 is 5.32 Å². The van der Waals surface area contributed by atoms with Gasteiger partial charge in [0.1, 0.15) is 5.69 Å². The zero-order valence-electron chi connectivity index (χ0n) is 12.7. The molecule has 0 bridgehead atoms. The summed E-state index contributed by atoms with van der Waals surface area (Å²) in [6, 6.07) is 4.00. The highest BCUT2D eigenvalue weighted by atomic mass is 14.9. The maximum absolute atomic E-state index is 4.62. The van der Waals surface area contributed by atoms with E-state index >= 15 is 0 Å². The minimum atomic E-state index is 0.718. The molecule has 2 aromatic heterocycles. The normalized spacial score (nSPS) is 10.8. The summed E-state index contributed by atoms with van der Waals surface area (Å²) in [5.74, 6) is 0.718. The van der Waals surface area contributed by atoms with Crippen molar-refractivity contribution in [3.8, 4) is 11.5 Å². The Kier molecular flexibility index (Phi) is 4.79. The smallest absolute Gasteiger partial charge is 0.178 e. The van der Waals surface area contributed by atoms with Crippen LogP contribution in [0.4, 0.5) is 0 Å². The molecule has 4 nitrogen and oxygen atoms in total. The van der Waals surface area contributed by atoms with Gasteiger partial charge >= 0.3 is 0 Å². The standard InChI is InChI=1S/C16H22N4/c1-5-17-8-7-14-12(3)19-16(20-13(14)4)15-10-11(2)6-9-18-15/h6,9-10,17H,5,7-8H2,1-4H3. The molecule has 2 heterocycles. The molecule has 0 radical (unpaired) electrons. The van der Waals surface area contributed by atoms with E-state index in [4.69, 9.17) is 0 Å². The Balaban J connectivity index is 2.30. The average molecular weight is 270 g/mol. The number of hydrogen-bond acceptors (Lipinski definition) is 4. The van der Waals surface area contributed by atoms with Gasteiger partial charge in [0.15, 0.2) is 5.82 Å². The molecule has 2 aromatic rings. The Morgan fingerprint density at radius 3 is 2.40 bits per heavy atom. The molecule has 0 aliphatic rings. The number of nitrogens with zero attached hydrogens (tertiary/aromatic N) is 3. The lowest BCUT2D eigenvalue weighted by atomic mass is 10.1. The van der Waals surface area contributed by atoms with Crippen LogP contribution in [-0.2, 0) is 6.42 Å². The molecular weight excluding hydrogens is 248 g/mol. The molecular formula is C16H22N4. The van der Waals surface area contributed by atoms with E-state index in [9.17, 15) is 0 Å². The van der Waals surface area contributed by atoms with Crippen LogP contribution in [-0.4, -0.2) is 28.0 Å². The molecule has 1 N–H and O–H groups in total. The topological polar surface area (TPSA) is 50.7 Å². The van der Waals surface area contributed by atoms with Crippen molar-refractivity contribution in [3.63, 3.8) is 0 Å². The summed E-state index contributed by atoms with van der Waals surface area (Å²) in [5, 5.41) is 3.34. The van der Waals surface area contributed by atoms with Crippen LogP contribution in [0.25, 0.3) is 11.5 Å². The first-order valence-electron chi connectivity index (χ1n) is 7.09. The predicted molar refractivity (Wildman–Crippen MR) is 81.7 cm³/mol. The molecule has 0 aromatic carbocycles. The van der Waals surface area contributed by atoms with E-state index in [0.717, 1.165) is 42.4 Å². The Bertz CT molecular complexity index is 570. The van der Waals surface area contributed by atoms with Crippen LogP contribution in [0, 0.1) is 20.8 Å². The molecule has 0 saturated heterocycles. The summed E-state index contributed by atoms with van der Waals surface area (Å²) in [4.78, 5) is 13.6. The average Bonchev–Trinajstić information content (AvgIpc) is 2.41. The second-order valence-corrected chi connectivity index (χ2v) is 5.02. The first-order chi connectivity index (χ1) is 9.61. The van der Waals surface area contributed by atoms with Crippen molar-refractivity contribution in [2.45, 2.75) is 34.1 Å². The van der Waals surface area contributed by atoms with Gasteiger partial charge in [0, 0.05) is 17.6 Å². The van der Waals surface area contributed by atoms with E-state index in [1.165, 1.54) is 11.1 Å². The number of likely N-dealkylation sites (N-methyl/N-ethyl adjacent to an activating group) is 1. The molecule has 0 aliphatic heterocycles. The lowest BCUT2D eigenvalue weighted by Crippen LogP contribution is -2.17. The third-order valence-electron chi connectivity index (χ3n) is 3.37. The van der Waals surface area contributed by atoms with Crippen molar-refractivity contribution in [1.29, 1.82) is 0 Å². The van der Waals surface area contributed by atoms with E-state index in [0.29, 0.717) is 0 Å². The van der Waals surface area contributed by atoms with Crippen LogP contribution in [0.1, 0.15) is 29.4 Å². The van der Waals surface area contributed by atoms with Gasteiger partial charge in [0.25, 0.3) is 0 Å². The summed E-state index contributed by atoms with van der Waals surface area (Å²) in [6.45, 7) is 10.2. The van der Waals surface area contributed by atoms with Crippen molar-refractivity contribution in [2.75, 3.05) is 13.1 Å². The summed E-state index contributed by atoms with van der Waals surface area (Å²) in [5.41, 5.74) is 5.35.